The number of nitrogens with zero attached hydrogens (tertiary/aromatic N) is 6. The van der Waals surface area contributed by atoms with Gasteiger partial charge >= 0.3 is 0 Å². The van der Waals surface area contributed by atoms with E-state index in [0.29, 0.717) is 56.4 Å². The zero-order chi connectivity index (χ0) is 21.1. The Balaban J connectivity index is 1.33. The summed E-state index contributed by atoms with van der Waals surface area (Å²) < 4.78 is 29.5. The highest BCUT2D eigenvalue weighted by atomic mass is 19.1. The van der Waals surface area contributed by atoms with Crippen LogP contribution in [0.2, 0.25) is 0 Å². The Morgan fingerprint density at radius 2 is 1.70 bits per heavy atom. The van der Waals surface area contributed by atoms with E-state index in [4.69, 9.17) is 0 Å². The molecule has 0 spiro atoms. The fourth-order valence-corrected chi connectivity index (χ4v) is 3.67. The third kappa shape index (κ3) is 4.06. The molecule has 0 unspecified atom stereocenters. The summed E-state index contributed by atoms with van der Waals surface area (Å²) in [4.78, 5) is 24.9. The first-order valence-electron chi connectivity index (χ1n) is 9.81. The average Bonchev–Trinajstić information content (AvgIpc) is 3.15. The number of halogens is 2. The fourth-order valence-electron chi connectivity index (χ4n) is 3.67. The van der Waals surface area contributed by atoms with Crippen LogP contribution >= 0.6 is 0 Å². The molecule has 0 bridgehead atoms. The highest BCUT2D eigenvalue weighted by Gasteiger charge is 2.23. The van der Waals surface area contributed by atoms with Crippen LogP contribution in [0.15, 0.2) is 42.9 Å². The maximum atomic E-state index is 14.0. The molecule has 4 rings (SSSR count). The van der Waals surface area contributed by atoms with Crippen molar-refractivity contribution in [2.24, 2.45) is 0 Å². The zero-order valence-electron chi connectivity index (χ0n) is 16.6. The average molecular weight is 412 g/mol. The Morgan fingerprint density at radius 3 is 2.37 bits per heavy atom. The van der Waals surface area contributed by atoms with Gasteiger partial charge in [0.25, 0.3) is 5.95 Å². The molecule has 3 aromatic rings. The maximum absolute atomic E-state index is 14.0. The van der Waals surface area contributed by atoms with E-state index in [1.807, 2.05) is 6.92 Å². The second-order valence-electron chi connectivity index (χ2n) is 7.18. The summed E-state index contributed by atoms with van der Waals surface area (Å²) >= 11 is 0. The summed E-state index contributed by atoms with van der Waals surface area (Å²) in [7, 11) is 0. The van der Waals surface area contributed by atoms with Crippen LogP contribution in [0.25, 0.3) is 5.95 Å². The second-order valence-corrected chi connectivity index (χ2v) is 7.18. The van der Waals surface area contributed by atoms with Gasteiger partial charge in [0.15, 0.2) is 5.78 Å². The molecular formula is C21H22F2N6O. The van der Waals surface area contributed by atoms with Crippen LogP contribution in [-0.4, -0.2) is 63.2 Å². The van der Waals surface area contributed by atoms with Crippen molar-refractivity contribution in [3.05, 3.63) is 65.7 Å². The van der Waals surface area contributed by atoms with Crippen LogP contribution in [0.4, 0.5) is 14.5 Å². The lowest BCUT2D eigenvalue weighted by atomic mass is 10.1. The lowest BCUT2D eigenvalue weighted by Crippen LogP contribution is -2.47. The highest BCUT2D eigenvalue weighted by molar-refractivity contribution is 5.97. The smallest absolute Gasteiger partial charge is 0.250 e. The molecule has 3 heterocycles. The molecule has 0 radical (unpaired) electrons. The van der Waals surface area contributed by atoms with Gasteiger partial charge in [0.1, 0.15) is 17.3 Å². The Morgan fingerprint density at radius 1 is 1.03 bits per heavy atom. The fraction of sp³-hybridized carbons (Fsp3) is 0.333. The minimum Gasteiger partial charge on any atom is -0.364 e. The molecule has 0 N–H and O–H groups in total. The monoisotopic (exact) mass is 412 g/mol. The van der Waals surface area contributed by atoms with Crippen molar-refractivity contribution in [3.63, 3.8) is 0 Å². The summed E-state index contributed by atoms with van der Waals surface area (Å²) in [6.07, 6.45) is 5.14. The number of carbonyl (C=O) groups is 1. The first-order valence-corrected chi connectivity index (χ1v) is 9.81. The minimum absolute atomic E-state index is 0.00254. The van der Waals surface area contributed by atoms with Crippen LogP contribution < -0.4 is 4.90 Å². The molecule has 0 aliphatic carbocycles. The SMILES string of the molecule is Cc1c(C(=O)CCN2CCN(c3c(F)cccc3F)CC2)cnn1-c1ncccn1. The number of ketones is 1. The van der Waals surface area contributed by atoms with E-state index in [1.165, 1.54) is 18.2 Å². The number of hydrogen-bond acceptors (Lipinski definition) is 6. The van der Waals surface area contributed by atoms with Gasteiger partial charge in [0.05, 0.1) is 17.5 Å². The van der Waals surface area contributed by atoms with Crippen molar-refractivity contribution >= 4 is 11.5 Å². The normalized spacial score (nSPS) is 14.8. The van der Waals surface area contributed by atoms with E-state index in [9.17, 15) is 13.6 Å². The number of rotatable bonds is 6. The molecule has 9 heteroatoms. The largest absolute Gasteiger partial charge is 0.364 e. The lowest BCUT2D eigenvalue weighted by molar-refractivity contribution is 0.0962. The number of anilines is 1. The summed E-state index contributed by atoms with van der Waals surface area (Å²) in [5.41, 5.74) is 1.28. The van der Waals surface area contributed by atoms with Gasteiger partial charge in [-0.2, -0.15) is 5.10 Å². The minimum atomic E-state index is -0.548. The van der Waals surface area contributed by atoms with E-state index in [-0.39, 0.29) is 11.5 Å². The third-order valence-corrected chi connectivity index (χ3v) is 5.33. The number of para-hydroxylation sites is 1. The Labute approximate surface area is 173 Å². The number of aromatic nitrogens is 4. The van der Waals surface area contributed by atoms with Gasteiger partial charge in [-0.25, -0.2) is 23.4 Å². The summed E-state index contributed by atoms with van der Waals surface area (Å²) in [6, 6.07) is 5.62. The maximum Gasteiger partial charge on any atom is 0.250 e. The number of hydrogen-bond donors (Lipinski definition) is 0. The van der Waals surface area contributed by atoms with Crippen LogP contribution in [0, 0.1) is 18.6 Å². The van der Waals surface area contributed by atoms with Gasteiger partial charge in [0, 0.05) is 51.5 Å². The Kier molecular flexibility index (Phi) is 5.80. The highest BCUT2D eigenvalue weighted by Crippen LogP contribution is 2.24. The van der Waals surface area contributed by atoms with Gasteiger partial charge in [-0.1, -0.05) is 6.07 Å². The van der Waals surface area contributed by atoms with Gasteiger partial charge in [-0.15, -0.1) is 0 Å². The second kappa shape index (κ2) is 8.66. The summed E-state index contributed by atoms with van der Waals surface area (Å²) in [5, 5.41) is 4.24. The van der Waals surface area contributed by atoms with Crippen LogP contribution in [0.3, 0.4) is 0 Å². The number of carbonyl (C=O) groups excluding carboxylic acids is 1. The van der Waals surface area contributed by atoms with Crippen LogP contribution in [-0.2, 0) is 0 Å². The Bertz CT molecular complexity index is 1010. The zero-order valence-corrected chi connectivity index (χ0v) is 16.6. The number of benzene rings is 1. The van der Waals surface area contributed by atoms with Gasteiger partial charge in [0.2, 0.25) is 0 Å². The standard InChI is InChI=1S/C21H22F2N6O/c1-15-16(14-26-29(15)21-24-7-3-8-25-21)19(30)6-9-27-10-12-28(13-11-27)20-17(22)4-2-5-18(20)23/h2-5,7-8,14H,6,9-13H2,1H3. The predicted octanol–water partition coefficient (Wildman–Crippen LogP) is 2.64. The van der Waals surface area contributed by atoms with E-state index in [1.54, 1.807) is 34.2 Å². The van der Waals surface area contributed by atoms with Crippen molar-refractivity contribution in [1.29, 1.82) is 0 Å². The van der Waals surface area contributed by atoms with Gasteiger partial charge in [-0.3, -0.25) is 9.69 Å². The molecule has 1 aliphatic heterocycles. The molecule has 30 heavy (non-hydrogen) atoms. The third-order valence-electron chi connectivity index (χ3n) is 5.33. The molecule has 7 nitrogen and oxygen atoms in total. The molecular weight excluding hydrogens is 390 g/mol. The van der Waals surface area contributed by atoms with Crippen molar-refractivity contribution in [1.82, 2.24) is 24.6 Å². The molecule has 2 aromatic heterocycles. The van der Waals surface area contributed by atoms with Crippen molar-refractivity contribution < 1.29 is 13.6 Å². The molecule has 1 aliphatic rings. The quantitative estimate of drug-likeness (QED) is 0.580. The van der Waals surface area contributed by atoms with Gasteiger partial charge in [-0.05, 0) is 25.1 Å². The molecule has 1 fully saturated rings. The van der Waals surface area contributed by atoms with Gasteiger partial charge < -0.3 is 4.90 Å². The van der Waals surface area contributed by atoms with E-state index in [2.05, 4.69) is 20.0 Å². The number of Topliss-reactive ketones (excluding diaryl/α,β-unsaturated/α-hetero) is 1. The molecule has 0 atom stereocenters. The predicted molar refractivity (Wildman–Crippen MR) is 108 cm³/mol. The first kappa shape index (κ1) is 20.1. The number of piperazine rings is 1. The van der Waals surface area contributed by atoms with Crippen molar-refractivity contribution in [2.75, 3.05) is 37.6 Å². The summed E-state index contributed by atoms with van der Waals surface area (Å²) in [5.74, 6) is -0.676. The molecule has 156 valence electrons. The van der Waals surface area contributed by atoms with Crippen LogP contribution in [0.1, 0.15) is 22.5 Å². The first-order chi connectivity index (χ1) is 14.5. The molecule has 1 aromatic carbocycles. The molecule has 1 saturated heterocycles. The van der Waals surface area contributed by atoms with E-state index >= 15 is 0 Å². The summed E-state index contributed by atoms with van der Waals surface area (Å²) in [6.45, 7) is 4.69. The molecule has 0 amide bonds. The van der Waals surface area contributed by atoms with E-state index in [0.717, 1.165) is 0 Å². The van der Waals surface area contributed by atoms with E-state index < -0.39 is 11.6 Å². The van der Waals surface area contributed by atoms with Crippen molar-refractivity contribution in [3.8, 4) is 5.95 Å². The lowest BCUT2D eigenvalue weighted by Gasteiger charge is -2.36. The van der Waals surface area contributed by atoms with Crippen LogP contribution in [0.5, 0.6) is 0 Å². The topological polar surface area (TPSA) is 67.2 Å². The van der Waals surface area contributed by atoms with Crippen molar-refractivity contribution in [2.45, 2.75) is 13.3 Å². The Hall–Kier alpha value is -3.20. The molecule has 0 saturated carbocycles.